The zero-order valence-electron chi connectivity index (χ0n) is 19.9. The molecule has 186 valence electrons. The van der Waals surface area contributed by atoms with E-state index in [0.717, 1.165) is 46.9 Å². The van der Waals surface area contributed by atoms with Gasteiger partial charge in [-0.25, -0.2) is 4.39 Å². The number of hydrogen-bond acceptors (Lipinski definition) is 3. The Morgan fingerprint density at radius 3 is 2.39 bits per heavy atom. The fraction of sp³-hybridized carbons (Fsp3) is 0.276. The summed E-state index contributed by atoms with van der Waals surface area (Å²) in [6.07, 6.45) is 3.66. The van der Waals surface area contributed by atoms with Crippen molar-refractivity contribution in [2.45, 2.75) is 44.3 Å². The molecule has 1 aliphatic carbocycles. The number of halogens is 3. The Bertz CT molecular complexity index is 1380. The number of rotatable bonds is 6. The highest BCUT2D eigenvalue weighted by Gasteiger charge is 2.32. The van der Waals surface area contributed by atoms with Gasteiger partial charge in [-0.3, -0.25) is 4.79 Å². The molecule has 1 N–H and O–H groups in total. The minimum Gasteiger partial charge on any atom is -0.330 e. The molecule has 0 unspecified atom stereocenters. The van der Waals surface area contributed by atoms with Crippen molar-refractivity contribution >= 4 is 50.5 Å². The van der Waals surface area contributed by atoms with Gasteiger partial charge in [0.1, 0.15) is 10.7 Å². The summed E-state index contributed by atoms with van der Waals surface area (Å²) >= 11 is 14.2. The molecule has 5 rings (SSSR count). The van der Waals surface area contributed by atoms with Crippen LogP contribution in [0.15, 0.2) is 66.7 Å². The summed E-state index contributed by atoms with van der Waals surface area (Å²) in [7, 11) is 1.97. The molecule has 1 aliphatic rings. The molecule has 3 aromatic carbocycles. The van der Waals surface area contributed by atoms with Crippen molar-refractivity contribution in [3.05, 3.63) is 93.0 Å². The quantitative estimate of drug-likeness (QED) is 0.267. The first-order valence-electron chi connectivity index (χ1n) is 12.1. The molecule has 0 radical (unpaired) electrons. The first-order chi connectivity index (χ1) is 17.4. The Morgan fingerprint density at radius 2 is 1.69 bits per heavy atom. The first kappa shape index (κ1) is 25.2. The lowest BCUT2D eigenvalue weighted by Gasteiger charge is -2.37. The third kappa shape index (κ3) is 5.16. The van der Waals surface area contributed by atoms with Crippen molar-refractivity contribution in [1.29, 1.82) is 0 Å². The molecule has 3 nitrogen and oxygen atoms in total. The van der Waals surface area contributed by atoms with Crippen molar-refractivity contribution in [2.75, 3.05) is 7.05 Å². The van der Waals surface area contributed by atoms with E-state index in [2.05, 4.69) is 5.32 Å². The molecule has 4 aromatic rings. The molecule has 1 heterocycles. The summed E-state index contributed by atoms with van der Waals surface area (Å²) in [5, 5.41) is 5.35. The van der Waals surface area contributed by atoms with Gasteiger partial charge in [0.25, 0.3) is 5.91 Å². The number of nitrogens with one attached hydrogen (secondary N) is 1. The maximum Gasteiger partial charge on any atom is 0.266 e. The highest BCUT2D eigenvalue weighted by molar-refractivity contribution is 7.21. The van der Waals surface area contributed by atoms with E-state index in [1.165, 1.54) is 17.4 Å². The normalized spacial score (nSPS) is 17.9. The topological polar surface area (TPSA) is 32.3 Å². The molecule has 0 bridgehead atoms. The molecular formula is C29H27Cl2FN2OS. The van der Waals surface area contributed by atoms with E-state index in [9.17, 15) is 4.79 Å². The predicted molar refractivity (Wildman–Crippen MR) is 149 cm³/mol. The lowest BCUT2D eigenvalue weighted by atomic mass is 9.89. The van der Waals surface area contributed by atoms with E-state index in [-0.39, 0.29) is 24.3 Å². The fourth-order valence-corrected chi connectivity index (χ4v) is 6.62. The summed E-state index contributed by atoms with van der Waals surface area (Å²) in [6.45, 7) is 0.186. The van der Waals surface area contributed by atoms with Crippen molar-refractivity contribution in [3.8, 4) is 11.1 Å². The van der Waals surface area contributed by atoms with Crippen LogP contribution in [-0.4, -0.2) is 29.9 Å². The smallest absolute Gasteiger partial charge is 0.266 e. The number of benzene rings is 3. The number of amides is 1. The van der Waals surface area contributed by atoms with Gasteiger partial charge >= 0.3 is 0 Å². The summed E-state index contributed by atoms with van der Waals surface area (Å²) in [5.41, 5.74) is 2.32. The summed E-state index contributed by atoms with van der Waals surface area (Å²) in [4.78, 5) is 16.3. The number of hydrogen-bond donors (Lipinski definition) is 1. The molecule has 36 heavy (non-hydrogen) atoms. The third-order valence-electron chi connectivity index (χ3n) is 7.10. The maximum absolute atomic E-state index is 15.1. The van der Waals surface area contributed by atoms with Crippen LogP contribution in [0.1, 0.15) is 40.9 Å². The van der Waals surface area contributed by atoms with Crippen LogP contribution in [-0.2, 0) is 6.54 Å². The minimum absolute atomic E-state index is 0.0157. The van der Waals surface area contributed by atoms with E-state index in [4.69, 9.17) is 23.2 Å². The van der Waals surface area contributed by atoms with Gasteiger partial charge in [-0.15, -0.1) is 11.3 Å². The second-order valence-corrected chi connectivity index (χ2v) is 11.1. The average molecular weight is 542 g/mol. The monoisotopic (exact) mass is 540 g/mol. The largest absolute Gasteiger partial charge is 0.330 e. The molecule has 1 aromatic heterocycles. The third-order valence-corrected chi connectivity index (χ3v) is 9.02. The highest BCUT2D eigenvalue weighted by Crippen LogP contribution is 2.38. The van der Waals surface area contributed by atoms with E-state index < -0.39 is 0 Å². The second-order valence-electron chi connectivity index (χ2n) is 9.28. The van der Waals surface area contributed by atoms with Gasteiger partial charge in [0, 0.05) is 39.3 Å². The minimum atomic E-state index is -0.322. The average Bonchev–Trinajstić information content (AvgIpc) is 3.25. The predicted octanol–water partition coefficient (Wildman–Crippen LogP) is 8.19. The lowest BCUT2D eigenvalue weighted by Crippen LogP contribution is -2.44. The van der Waals surface area contributed by atoms with Crippen LogP contribution in [0.25, 0.3) is 21.2 Å². The molecule has 7 heteroatoms. The molecule has 0 aliphatic heterocycles. The van der Waals surface area contributed by atoms with E-state index in [1.807, 2.05) is 66.5 Å². The molecule has 1 amide bonds. The SMILES string of the molecule is CNC1CCC(N(Cc2cc(-c3ccc(Cl)cc3)ccc2F)C(=O)c2sc3ccccc3c2Cl)CC1. The molecule has 1 saturated carbocycles. The van der Waals surface area contributed by atoms with Crippen molar-refractivity contribution < 1.29 is 9.18 Å². The molecule has 1 fully saturated rings. The van der Waals surface area contributed by atoms with E-state index in [1.54, 1.807) is 6.07 Å². The van der Waals surface area contributed by atoms with Crippen LogP contribution in [0.3, 0.4) is 0 Å². The van der Waals surface area contributed by atoms with Crippen LogP contribution in [0, 0.1) is 5.82 Å². The Hall–Kier alpha value is -2.44. The Balaban J connectivity index is 1.50. The van der Waals surface area contributed by atoms with Crippen molar-refractivity contribution in [2.24, 2.45) is 0 Å². The van der Waals surface area contributed by atoms with E-state index >= 15 is 4.39 Å². The second kappa shape index (κ2) is 10.9. The number of carbonyl (C=O) groups excluding carboxylic acids is 1. The number of thiophene rings is 1. The van der Waals surface area contributed by atoms with Crippen LogP contribution in [0.2, 0.25) is 10.0 Å². The van der Waals surface area contributed by atoms with Crippen LogP contribution in [0.4, 0.5) is 4.39 Å². The van der Waals surface area contributed by atoms with Crippen LogP contribution >= 0.6 is 34.5 Å². The van der Waals surface area contributed by atoms with Gasteiger partial charge < -0.3 is 10.2 Å². The van der Waals surface area contributed by atoms with Crippen LogP contribution in [0.5, 0.6) is 0 Å². The summed E-state index contributed by atoms with van der Waals surface area (Å²) in [6, 6.07) is 20.8. The van der Waals surface area contributed by atoms with Crippen molar-refractivity contribution in [3.63, 3.8) is 0 Å². The number of carbonyl (C=O) groups is 1. The molecule has 0 saturated heterocycles. The summed E-state index contributed by atoms with van der Waals surface area (Å²) < 4.78 is 16.1. The zero-order valence-corrected chi connectivity index (χ0v) is 22.3. The van der Waals surface area contributed by atoms with Crippen LogP contribution < -0.4 is 5.32 Å². The molecular weight excluding hydrogens is 514 g/mol. The summed E-state index contributed by atoms with van der Waals surface area (Å²) in [5.74, 6) is -0.456. The van der Waals surface area contributed by atoms with Crippen molar-refractivity contribution in [1.82, 2.24) is 10.2 Å². The Kier molecular flexibility index (Phi) is 7.63. The van der Waals surface area contributed by atoms with E-state index in [0.29, 0.717) is 26.5 Å². The molecule has 0 atom stereocenters. The number of nitrogens with zero attached hydrogens (tertiary/aromatic N) is 1. The number of fused-ring (bicyclic) bond motifs is 1. The Morgan fingerprint density at radius 1 is 1.00 bits per heavy atom. The van der Waals surface area contributed by atoms with Gasteiger partial charge in [0.2, 0.25) is 0 Å². The fourth-order valence-electron chi connectivity index (χ4n) is 5.03. The first-order valence-corrected chi connectivity index (χ1v) is 13.7. The van der Waals surface area contributed by atoms with Gasteiger partial charge in [-0.1, -0.05) is 59.6 Å². The molecule has 0 spiro atoms. The van der Waals surface area contributed by atoms with Gasteiger partial charge in [0.15, 0.2) is 0 Å². The maximum atomic E-state index is 15.1. The lowest BCUT2D eigenvalue weighted by molar-refractivity contribution is 0.0604. The Labute approximate surface area is 224 Å². The van der Waals surface area contributed by atoms with Gasteiger partial charge in [0.05, 0.1) is 5.02 Å². The van der Waals surface area contributed by atoms with Gasteiger partial charge in [-0.05, 0) is 74.2 Å². The highest BCUT2D eigenvalue weighted by atomic mass is 35.5. The standard InChI is InChI=1S/C29H27Cl2FN2OS/c1-33-22-11-13-23(14-12-22)34(29(35)28-27(31)24-4-2-3-5-26(24)36-28)17-20-16-19(8-15-25(20)32)18-6-9-21(30)10-7-18/h2-10,15-16,22-23,33H,11-14,17H2,1H3. The zero-order chi connectivity index (χ0) is 25.2. The van der Waals surface area contributed by atoms with Gasteiger partial charge in [-0.2, -0.15) is 0 Å².